The van der Waals surface area contributed by atoms with Crippen molar-refractivity contribution in [2.24, 2.45) is 0 Å². The molecule has 0 saturated carbocycles. The Balaban J connectivity index is 2.05. The van der Waals surface area contributed by atoms with Crippen LogP contribution >= 0.6 is 34.8 Å². The van der Waals surface area contributed by atoms with Crippen LogP contribution in [0.25, 0.3) is 0 Å². The van der Waals surface area contributed by atoms with Crippen LogP contribution in [0.5, 0.6) is 11.5 Å². The Hall–Kier alpha value is -2.78. The molecule has 0 unspecified atom stereocenters. The zero-order valence-corrected chi connectivity index (χ0v) is 20.3. The van der Waals surface area contributed by atoms with E-state index in [1.807, 2.05) is 0 Å². The summed E-state index contributed by atoms with van der Waals surface area (Å²) in [5, 5.41) is -0.0880. The lowest BCUT2D eigenvalue weighted by atomic mass is 10.2. The third kappa shape index (κ3) is 5.42. The molecule has 0 aliphatic rings. The van der Waals surface area contributed by atoms with Gasteiger partial charge < -0.3 is 9.47 Å². The average Bonchev–Trinajstić information content (AvgIpc) is 2.76. The number of hydrogen-bond acceptors (Lipinski definition) is 6. The van der Waals surface area contributed by atoms with Crippen LogP contribution in [-0.4, -0.2) is 27.4 Å². The van der Waals surface area contributed by atoms with Crippen LogP contribution in [0.3, 0.4) is 0 Å². The van der Waals surface area contributed by atoms with E-state index in [0.717, 1.165) is 5.56 Å². The second-order valence-electron chi connectivity index (χ2n) is 6.67. The lowest BCUT2D eigenvalue weighted by Crippen LogP contribution is -2.43. The van der Waals surface area contributed by atoms with Gasteiger partial charge in [-0.1, -0.05) is 52.5 Å². The second kappa shape index (κ2) is 10.0. The Bertz CT molecular complexity index is 1290. The molecule has 33 heavy (non-hydrogen) atoms. The number of esters is 1. The smallest absolute Gasteiger partial charge is 0.403 e. The van der Waals surface area contributed by atoms with Crippen LogP contribution in [0.2, 0.25) is 15.1 Å². The van der Waals surface area contributed by atoms with Crippen molar-refractivity contribution in [2.45, 2.75) is 11.8 Å². The van der Waals surface area contributed by atoms with Crippen LogP contribution in [0, 0.1) is 6.92 Å². The van der Waals surface area contributed by atoms with E-state index in [-0.39, 0.29) is 31.4 Å². The number of carbonyl (C=O) groups is 2. The third-order valence-electron chi connectivity index (χ3n) is 4.38. The summed E-state index contributed by atoms with van der Waals surface area (Å²) in [7, 11) is -3.07. The Morgan fingerprint density at radius 3 is 1.94 bits per heavy atom. The number of amides is 1. The standard InChI is InChI=1S/C22H16Cl3NO6S/c1-13-3-9-17(10-4-13)33(29,30)26(15-5-7-16(31-2)8-6-15)21(27)22(28)32-20-18(24)11-14(23)12-19(20)25/h3-12H,1-2H3. The van der Waals surface area contributed by atoms with Crippen LogP contribution in [0.15, 0.2) is 65.6 Å². The van der Waals surface area contributed by atoms with Crippen LogP contribution in [0.4, 0.5) is 5.69 Å². The first kappa shape index (κ1) is 24.9. The number of aryl methyl sites for hydroxylation is 1. The van der Waals surface area contributed by atoms with Crippen molar-refractivity contribution in [3.8, 4) is 11.5 Å². The Morgan fingerprint density at radius 2 is 1.42 bits per heavy atom. The molecule has 0 spiro atoms. The molecule has 0 aromatic heterocycles. The summed E-state index contributed by atoms with van der Waals surface area (Å²) in [5.74, 6) is -2.92. The van der Waals surface area contributed by atoms with Crippen LogP contribution in [0.1, 0.15) is 5.56 Å². The molecule has 3 aromatic rings. The van der Waals surface area contributed by atoms with E-state index in [4.69, 9.17) is 44.3 Å². The molecule has 0 N–H and O–H groups in total. The minimum atomic E-state index is -4.50. The molecule has 11 heteroatoms. The lowest BCUT2D eigenvalue weighted by Gasteiger charge is -2.22. The summed E-state index contributed by atoms with van der Waals surface area (Å²) in [4.78, 5) is 25.6. The fourth-order valence-electron chi connectivity index (χ4n) is 2.74. The first-order chi connectivity index (χ1) is 15.5. The van der Waals surface area contributed by atoms with Crippen LogP contribution in [-0.2, 0) is 19.6 Å². The maximum Gasteiger partial charge on any atom is 0.403 e. The summed E-state index contributed by atoms with van der Waals surface area (Å²) in [6.45, 7) is 1.78. The minimum absolute atomic E-state index is 0.105. The highest BCUT2D eigenvalue weighted by molar-refractivity contribution is 7.93. The number of hydrogen-bond donors (Lipinski definition) is 0. The van der Waals surface area contributed by atoms with Gasteiger partial charge in [0.1, 0.15) is 5.75 Å². The Kier molecular flexibility index (Phi) is 7.54. The summed E-state index contributed by atoms with van der Waals surface area (Å²) in [6.07, 6.45) is 0. The quantitative estimate of drug-likeness (QED) is 0.254. The van der Waals surface area contributed by atoms with Gasteiger partial charge in [-0.2, -0.15) is 4.31 Å². The highest BCUT2D eigenvalue weighted by atomic mass is 35.5. The zero-order chi connectivity index (χ0) is 24.3. The maximum atomic E-state index is 13.4. The first-order valence-corrected chi connectivity index (χ1v) is 11.8. The maximum absolute atomic E-state index is 13.4. The summed E-state index contributed by atoms with van der Waals surface area (Å²) >= 11 is 17.9. The van der Waals surface area contributed by atoms with Gasteiger partial charge in [0, 0.05) is 5.02 Å². The highest BCUT2D eigenvalue weighted by Gasteiger charge is 2.37. The predicted molar refractivity (Wildman–Crippen MR) is 126 cm³/mol. The molecule has 3 rings (SSSR count). The largest absolute Gasteiger partial charge is 0.497 e. The van der Waals surface area contributed by atoms with E-state index in [2.05, 4.69) is 0 Å². The van der Waals surface area contributed by atoms with E-state index in [1.165, 1.54) is 55.6 Å². The molecule has 0 heterocycles. The van der Waals surface area contributed by atoms with Gasteiger partial charge in [0.2, 0.25) is 0 Å². The topological polar surface area (TPSA) is 90.0 Å². The predicted octanol–water partition coefficient (Wildman–Crippen LogP) is 5.29. The molecule has 172 valence electrons. The second-order valence-corrected chi connectivity index (χ2v) is 9.71. The molecule has 1 amide bonds. The third-order valence-corrected chi connectivity index (χ3v) is 6.89. The van der Waals surface area contributed by atoms with Gasteiger partial charge in [-0.25, -0.2) is 13.2 Å². The van der Waals surface area contributed by atoms with E-state index in [0.29, 0.717) is 10.1 Å². The number of anilines is 1. The Morgan fingerprint density at radius 1 is 0.879 bits per heavy atom. The molecule has 7 nitrogen and oxygen atoms in total. The number of sulfonamides is 1. The summed E-state index contributed by atoms with van der Waals surface area (Å²) < 4.78 is 37.2. The molecule has 0 radical (unpaired) electrons. The number of nitrogens with zero attached hydrogens (tertiary/aromatic N) is 1. The molecule has 0 fully saturated rings. The normalized spacial score (nSPS) is 11.1. The molecule has 0 atom stereocenters. The molecular formula is C22H16Cl3NO6S. The van der Waals surface area contributed by atoms with E-state index in [1.54, 1.807) is 19.1 Å². The fourth-order valence-corrected chi connectivity index (χ4v) is 5.02. The number of carbonyl (C=O) groups excluding carboxylic acids is 2. The van der Waals surface area contributed by atoms with Gasteiger partial charge in [0.25, 0.3) is 10.0 Å². The van der Waals surface area contributed by atoms with E-state index < -0.39 is 21.9 Å². The number of rotatable bonds is 5. The van der Waals surface area contributed by atoms with Crippen molar-refractivity contribution in [3.63, 3.8) is 0 Å². The number of halogens is 3. The van der Waals surface area contributed by atoms with Crippen molar-refractivity contribution >= 4 is 62.4 Å². The zero-order valence-electron chi connectivity index (χ0n) is 17.2. The molecule has 0 saturated heterocycles. The van der Waals surface area contributed by atoms with Gasteiger partial charge in [-0.15, -0.1) is 0 Å². The van der Waals surface area contributed by atoms with E-state index >= 15 is 0 Å². The Labute approximate surface area is 205 Å². The SMILES string of the molecule is COc1ccc(N(C(=O)C(=O)Oc2c(Cl)cc(Cl)cc2Cl)S(=O)(=O)c2ccc(C)cc2)cc1. The van der Waals surface area contributed by atoms with Gasteiger partial charge in [0.15, 0.2) is 5.75 Å². The highest BCUT2D eigenvalue weighted by Crippen LogP contribution is 2.36. The summed E-state index contributed by atoms with van der Waals surface area (Å²) in [5.41, 5.74) is 0.703. The van der Waals surface area contributed by atoms with Gasteiger partial charge in [0.05, 0.1) is 27.7 Å². The summed E-state index contributed by atoms with van der Waals surface area (Å²) in [6, 6.07) is 13.8. The minimum Gasteiger partial charge on any atom is -0.497 e. The van der Waals surface area contributed by atoms with Gasteiger partial charge in [-0.05, 0) is 55.5 Å². The van der Waals surface area contributed by atoms with Gasteiger partial charge >= 0.3 is 11.9 Å². The van der Waals surface area contributed by atoms with Crippen LogP contribution < -0.4 is 13.8 Å². The van der Waals surface area contributed by atoms with E-state index in [9.17, 15) is 18.0 Å². The van der Waals surface area contributed by atoms with Crippen molar-refractivity contribution in [2.75, 3.05) is 11.4 Å². The molecule has 0 aliphatic carbocycles. The fraction of sp³-hybridized carbons (Fsp3) is 0.0909. The van der Waals surface area contributed by atoms with Crippen molar-refractivity contribution in [1.82, 2.24) is 0 Å². The van der Waals surface area contributed by atoms with Gasteiger partial charge in [-0.3, -0.25) is 4.79 Å². The monoisotopic (exact) mass is 527 g/mol. The molecule has 3 aromatic carbocycles. The molecular weight excluding hydrogens is 513 g/mol. The lowest BCUT2D eigenvalue weighted by molar-refractivity contribution is -0.146. The number of methoxy groups -OCH3 is 1. The first-order valence-electron chi connectivity index (χ1n) is 9.21. The van der Waals surface area contributed by atoms with Crippen molar-refractivity contribution in [3.05, 3.63) is 81.3 Å². The molecule has 0 aliphatic heterocycles. The van der Waals surface area contributed by atoms with Crippen molar-refractivity contribution < 1.29 is 27.5 Å². The number of benzene rings is 3. The molecule has 0 bridgehead atoms. The van der Waals surface area contributed by atoms with Crippen molar-refractivity contribution in [1.29, 1.82) is 0 Å². The number of ether oxygens (including phenoxy) is 2. The average molecular weight is 529 g/mol.